The summed E-state index contributed by atoms with van der Waals surface area (Å²) in [5.74, 6) is -0.238. The Morgan fingerprint density at radius 2 is 1.64 bits per heavy atom. The Labute approximate surface area is 434 Å². The van der Waals surface area contributed by atoms with Gasteiger partial charge in [0, 0.05) is 73.1 Å². The number of nitriles is 1. The molecule has 3 N–H and O–H groups in total. The Balaban J connectivity index is 0.790. The number of nitrogens with zero attached hydrogens (tertiary/aromatic N) is 5. The second kappa shape index (κ2) is 21.4. The summed E-state index contributed by atoms with van der Waals surface area (Å²) in [6.07, 6.45) is 3.27. The number of likely N-dealkylation sites (tertiary alicyclic amines) is 2. The minimum atomic E-state index is -0.870. The highest BCUT2D eigenvalue weighted by Gasteiger charge is 2.64. The molecule has 384 valence electrons. The van der Waals surface area contributed by atoms with Crippen LogP contribution in [0.4, 0.5) is 0 Å². The summed E-state index contributed by atoms with van der Waals surface area (Å²) in [4.78, 5) is 67.6. The van der Waals surface area contributed by atoms with Gasteiger partial charge in [-0.05, 0) is 91.4 Å². The van der Waals surface area contributed by atoms with E-state index >= 15 is 0 Å². The largest absolute Gasteiger partial charge is 0.489 e. The van der Waals surface area contributed by atoms with Gasteiger partial charge in [0.05, 0.1) is 45.4 Å². The average molecular weight is 1020 g/mol. The van der Waals surface area contributed by atoms with Crippen molar-refractivity contribution in [3.05, 3.63) is 105 Å². The van der Waals surface area contributed by atoms with Gasteiger partial charge in [-0.15, -0.1) is 11.3 Å². The van der Waals surface area contributed by atoms with Crippen LogP contribution in [0.5, 0.6) is 5.75 Å². The first-order chi connectivity index (χ1) is 34.0. The summed E-state index contributed by atoms with van der Waals surface area (Å²) in [6, 6.07) is 22.0. The quantitative estimate of drug-likeness (QED) is 0.0932. The van der Waals surface area contributed by atoms with Gasteiger partial charge in [0.2, 0.25) is 11.8 Å². The van der Waals surface area contributed by atoms with Crippen molar-refractivity contribution in [2.24, 2.45) is 16.2 Å². The third kappa shape index (κ3) is 11.3. The van der Waals surface area contributed by atoms with Gasteiger partial charge in [-0.1, -0.05) is 103 Å². The minimum Gasteiger partial charge on any atom is -0.489 e. The molecule has 3 saturated heterocycles. The number of carbonyl (C=O) groups excluding carboxylic acids is 4. The van der Waals surface area contributed by atoms with E-state index in [9.17, 15) is 29.5 Å². The zero-order valence-corrected chi connectivity index (χ0v) is 44.9. The lowest BCUT2D eigenvalue weighted by molar-refractivity contribution is -0.164. The molecular formula is C57H72ClN7O6S. The zero-order valence-electron chi connectivity index (χ0n) is 43.3. The lowest BCUT2D eigenvalue weighted by Crippen LogP contribution is -2.74. The second-order valence-electron chi connectivity index (χ2n) is 23.1. The van der Waals surface area contributed by atoms with Gasteiger partial charge in [-0.3, -0.25) is 24.1 Å². The number of hydrogen-bond acceptors (Lipinski definition) is 11. The van der Waals surface area contributed by atoms with Crippen LogP contribution in [-0.2, 0) is 20.8 Å². The van der Waals surface area contributed by atoms with Crippen LogP contribution in [0.2, 0.25) is 5.02 Å². The number of ether oxygens (including phenoxy) is 1. The fourth-order valence-electron chi connectivity index (χ4n) is 12.3. The summed E-state index contributed by atoms with van der Waals surface area (Å²) in [5.41, 5.74) is 5.75. The molecule has 1 aromatic heterocycles. The number of Topliss-reactive ketones (excluding diaryl/α,β-unsaturated/α-hetero) is 1. The topological polar surface area (TPSA) is 168 Å². The van der Waals surface area contributed by atoms with Gasteiger partial charge in [0.15, 0.2) is 5.78 Å². The molecular weight excluding hydrogens is 946 g/mol. The van der Waals surface area contributed by atoms with E-state index in [0.717, 1.165) is 67.0 Å². The molecule has 0 radical (unpaired) electrons. The Hall–Kier alpha value is -5.17. The van der Waals surface area contributed by atoms with Crippen LogP contribution in [0.15, 0.2) is 72.2 Å². The van der Waals surface area contributed by atoms with E-state index < -0.39 is 23.6 Å². The number of ketones is 1. The van der Waals surface area contributed by atoms with E-state index in [0.29, 0.717) is 21.9 Å². The maximum atomic E-state index is 14.4. The number of nitrogens with one attached hydrogen (secondary N) is 2. The average Bonchev–Trinajstić information content (AvgIpc) is 4.01. The molecule has 1 saturated carbocycles. The first-order valence-corrected chi connectivity index (χ1v) is 26.9. The first kappa shape index (κ1) is 53.1. The predicted octanol–water partition coefficient (Wildman–Crippen LogP) is 8.59. The van der Waals surface area contributed by atoms with E-state index in [1.165, 1.54) is 10.5 Å². The highest BCUT2D eigenvalue weighted by Crippen LogP contribution is 2.55. The Morgan fingerprint density at radius 3 is 2.24 bits per heavy atom. The van der Waals surface area contributed by atoms with E-state index in [1.54, 1.807) is 29.5 Å². The van der Waals surface area contributed by atoms with Crippen molar-refractivity contribution in [3.63, 3.8) is 0 Å². The van der Waals surface area contributed by atoms with Crippen molar-refractivity contribution in [3.8, 4) is 22.3 Å². The van der Waals surface area contributed by atoms with Crippen molar-refractivity contribution in [2.45, 2.75) is 149 Å². The number of carbonyl (C=O) groups is 4. The molecule has 15 heteroatoms. The molecule has 8 rings (SSSR count). The van der Waals surface area contributed by atoms with Crippen LogP contribution in [0.3, 0.4) is 0 Å². The second-order valence-corrected chi connectivity index (χ2v) is 24.4. The van der Waals surface area contributed by atoms with Gasteiger partial charge < -0.3 is 30.3 Å². The molecule has 2 bridgehead atoms. The highest BCUT2D eigenvalue weighted by molar-refractivity contribution is 7.13. The van der Waals surface area contributed by atoms with Gasteiger partial charge in [-0.2, -0.15) is 5.26 Å². The van der Waals surface area contributed by atoms with E-state index in [1.807, 2.05) is 76.5 Å². The molecule has 3 aromatic carbocycles. The molecule has 4 fully saturated rings. The van der Waals surface area contributed by atoms with Crippen LogP contribution >= 0.6 is 22.9 Å². The summed E-state index contributed by atoms with van der Waals surface area (Å²) >= 11 is 7.87. The number of aliphatic hydroxyl groups is 1. The fourth-order valence-corrected chi connectivity index (χ4v) is 13.3. The fraction of sp³-hybridized carbons (Fsp3) is 0.544. The number of benzene rings is 3. The molecule has 3 amide bonds. The number of hydrogen-bond donors (Lipinski definition) is 3. The molecule has 6 atom stereocenters. The van der Waals surface area contributed by atoms with Crippen LogP contribution in [0.25, 0.3) is 10.4 Å². The zero-order chi connectivity index (χ0) is 51.9. The number of aromatic nitrogens is 1. The van der Waals surface area contributed by atoms with Gasteiger partial charge in [0.1, 0.15) is 24.0 Å². The number of thiazole rings is 1. The molecule has 1 aliphatic carbocycles. The van der Waals surface area contributed by atoms with Crippen LogP contribution in [0, 0.1) is 34.5 Å². The SMILES string of the molecule is Cc1ncsc1-c1ccc([C@H](C)CC(=O)[C@@H]2C[C@@H](O)CN2C(=O)[C@@H](NC(=O)CN2C3CCC2CN(CCCc2ccc(C(=O)NC4C(C)(C)C(Oc5ccc(C#N)c(Cl)c5)C4(C)C)cc2)C3)C(C)(C)C)cc1. The molecule has 4 aromatic rings. The third-order valence-corrected chi connectivity index (χ3v) is 17.3. The van der Waals surface area contributed by atoms with Crippen molar-refractivity contribution in [1.29, 1.82) is 5.26 Å². The summed E-state index contributed by atoms with van der Waals surface area (Å²) in [6.45, 7) is 21.1. The van der Waals surface area contributed by atoms with E-state index in [2.05, 4.69) is 71.3 Å². The number of halogens is 1. The molecule has 13 nitrogen and oxygen atoms in total. The van der Waals surface area contributed by atoms with Crippen molar-refractivity contribution in [2.75, 3.05) is 32.7 Å². The summed E-state index contributed by atoms with van der Waals surface area (Å²) < 4.78 is 6.40. The molecule has 3 aliphatic heterocycles. The number of amides is 3. The Bertz CT molecular complexity index is 2640. The maximum absolute atomic E-state index is 14.4. The number of β-amino-alcohol motifs (C(OH)–C–C–N with tert-alkyl or cyclic N) is 1. The van der Waals surface area contributed by atoms with Crippen LogP contribution in [0.1, 0.15) is 126 Å². The van der Waals surface area contributed by atoms with Crippen molar-refractivity contribution >= 4 is 46.4 Å². The molecule has 4 aliphatic rings. The molecule has 72 heavy (non-hydrogen) atoms. The lowest BCUT2D eigenvalue weighted by atomic mass is 9.49. The predicted molar refractivity (Wildman–Crippen MR) is 282 cm³/mol. The number of rotatable bonds is 17. The Kier molecular flexibility index (Phi) is 15.8. The first-order valence-electron chi connectivity index (χ1n) is 25.6. The van der Waals surface area contributed by atoms with E-state index in [-0.39, 0.29) is 90.4 Å². The number of piperazine rings is 1. The normalized spacial score (nSPS) is 24.4. The van der Waals surface area contributed by atoms with Crippen molar-refractivity contribution < 1.29 is 29.0 Å². The third-order valence-electron chi connectivity index (χ3n) is 16.0. The molecule has 4 heterocycles. The van der Waals surface area contributed by atoms with Crippen LogP contribution < -0.4 is 15.4 Å². The van der Waals surface area contributed by atoms with E-state index in [4.69, 9.17) is 16.3 Å². The van der Waals surface area contributed by atoms with Gasteiger partial charge in [0.25, 0.3) is 5.91 Å². The standard InChI is InChI=1S/C57H72ClN7O6S/c1-34(37-16-18-38(19-17-37)49-35(2)60-33-72-49)25-47(67)46-26-43(66)31-65(46)52(70)50(55(3,4)5)61-48(68)32-64-41-21-22-42(64)30-63(29-41)24-10-11-36-12-14-39(15-13-36)51(69)62-53-56(6,7)54(57(53,8)9)71-44-23-20-40(28-59)45(58)27-44/h12-20,23,27,33-34,41-43,46,50,53-54,66H,10-11,21-22,24-26,29-32H2,1-9H3,(H,61,68)(H,62,69)/t34-,41?,42?,43-,46+,50-,53?,54?/m1/s1. The lowest BCUT2D eigenvalue weighted by Gasteiger charge is -2.63. The number of aryl methyl sites for hydroxylation is 2. The monoisotopic (exact) mass is 1020 g/mol. The number of fused-ring (bicyclic) bond motifs is 2. The Morgan fingerprint density at radius 1 is 0.972 bits per heavy atom. The summed E-state index contributed by atoms with van der Waals surface area (Å²) in [7, 11) is 0. The summed E-state index contributed by atoms with van der Waals surface area (Å²) in [5, 5.41) is 26.8. The van der Waals surface area contributed by atoms with Gasteiger partial charge >= 0.3 is 0 Å². The highest BCUT2D eigenvalue weighted by atomic mass is 35.5. The van der Waals surface area contributed by atoms with Gasteiger partial charge in [-0.25, -0.2) is 4.98 Å². The minimum absolute atomic E-state index is 0.0550. The number of aliphatic hydroxyl groups excluding tert-OH is 1. The smallest absolute Gasteiger partial charge is 0.251 e. The van der Waals surface area contributed by atoms with Crippen molar-refractivity contribution in [1.82, 2.24) is 30.3 Å². The molecule has 0 spiro atoms. The molecule has 2 unspecified atom stereocenters. The van der Waals surface area contributed by atoms with Crippen LogP contribution in [-0.4, -0.2) is 123 Å². The maximum Gasteiger partial charge on any atom is 0.251 e.